The molecule has 0 spiro atoms. The molecule has 0 N–H and O–H groups in total. The van der Waals surface area contributed by atoms with Crippen LogP contribution in [-0.2, 0) is 12.8 Å². The minimum absolute atomic E-state index is 0.0492. The molecular formula is C47H46O2P2. The third kappa shape index (κ3) is 6.78. The van der Waals surface area contributed by atoms with Crippen molar-refractivity contribution in [2.24, 2.45) is 0 Å². The summed E-state index contributed by atoms with van der Waals surface area (Å²) in [7, 11) is -1.69. The first-order valence-corrected chi connectivity index (χ1v) is 21.0. The number of fused-ring (bicyclic) bond motifs is 6. The van der Waals surface area contributed by atoms with E-state index in [1.165, 1.54) is 65.2 Å². The largest absolute Gasteiger partial charge is 0.489 e. The average Bonchev–Trinajstić information content (AvgIpc) is 3.28. The number of para-hydroxylation sites is 2. The fraction of sp³-hybridized carbons (Fsp3) is 0.234. The van der Waals surface area contributed by atoms with Crippen LogP contribution in [0, 0.1) is 27.7 Å². The standard InChI is InChI=1S/C47H46O2P2/c1-32-16-5-9-24-40(32)50(41-25-10-6-17-33(41)2)44-28-13-20-36-30-39-23-15-22-38(48-46(36)44)31-37-21-14-29-45(47(37)49-39)51(42-26-11-7-18-34(42)3)43-27-12-8-19-35(43)4/h5-14,16-21,24-29,38-39H,15,22-23,30-31H2,1-4H3/t38-,39-/m1/s1. The summed E-state index contributed by atoms with van der Waals surface area (Å²) < 4.78 is 14.8. The molecule has 2 atom stereocenters. The van der Waals surface area contributed by atoms with E-state index in [1.807, 2.05) is 0 Å². The fourth-order valence-electron chi connectivity index (χ4n) is 7.93. The molecule has 2 bridgehead atoms. The van der Waals surface area contributed by atoms with E-state index in [9.17, 15) is 0 Å². The molecule has 0 aromatic heterocycles. The van der Waals surface area contributed by atoms with Crippen molar-refractivity contribution < 1.29 is 9.47 Å². The summed E-state index contributed by atoms with van der Waals surface area (Å²) in [6.45, 7) is 9.01. The predicted molar refractivity (Wildman–Crippen MR) is 219 cm³/mol. The molecule has 0 aliphatic carbocycles. The first kappa shape index (κ1) is 33.9. The fourth-order valence-corrected chi connectivity index (χ4v) is 13.4. The minimum Gasteiger partial charge on any atom is -0.489 e. The molecule has 0 saturated carbocycles. The Balaban J connectivity index is 1.27. The van der Waals surface area contributed by atoms with Crippen molar-refractivity contribution in [1.82, 2.24) is 0 Å². The second kappa shape index (κ2) is 14.8. The van der Waals surface area contributed by atoms with Crippen LogP contribution in [0.4, 0.5) is 0 Å². The summed E-state index contributed by atoms with van der Waals surface area (Å²) in [6.07, 6.45) is 4.84. The van der Waals surface area contributed by atoms with Gasteiger partial charge in [-0.2, -0.15) is 0 Å². The van der Waals surface area contributed by atoms with Crippen LogP contribution >= 0.6 is 15.8 Å². The molecule has 0 fully saturated rings. The zero-order valence-corrected chi connectivity index (χ0v) is 31.9. The second-order valence-corrected chi connectivity index (χ2v) is 18.4. The molecule has 4 heteroatoms. The molecule has 6 aromatic rings. The number of rotatable bonds is 6. The quantitative estimate of drug-likeness (QED) is 0.161. The zero-order valence-electron chi connectivity index (χ0n) is 30.1. The van der Waals surface area contributed by atoms with Crippen LogP contribution in [0.1, 0.15) is 52.6 Å². The van der Waals surface area contributed by atoms with Gasteiger partial charge in [0.15, 0.2) is 0 Å². The SMILES string of the molecule is Cc1ccccc1P(c1ccccc1C)c1cccc2c1O[C@@H]1CCC[C@H](C2)Oc2c(cccc2P(c2ccccc2C)c2ccccc2C)C1. The maximum absolute atomic E-state index is 7.41. The Bertz CT molecular complexity index is 1940. The summed E-state index contributed by atoms with van der Waals surface area (Å²) in [5, 5.41) is 8.20. The molecule has 0 amide bonds. The molecular weight excluding hydrogens is 658 g/mol. The number of benzene rings is 6. The lowest BCUT2D eigenvalue weighted by molar-refractivity contribution is 0.189. The lowest BCUT2D eigenvalue weighted by atomic mass is 10.0. The van der Waals surface area contributed by atoms with Crippen LogP contribution in [0.25, 0.3) is 0 Å². The lowest BCUT2D eigenvalue weighted by Crippen LogP contribution is -2.31. The first-order chi connectivity index (χ1) is 25.0. The highest BCUT2D eigenvalue weighted by atomic mass is 31.1. The molecule has 2 nitrogen and oxygen atoms in total. The molecule has 2 aliphatic heterocycles. The van der Waals surface area contributed by atoms with Gasteiger partial charge in [0.05, 0.1) is 0 Å². The maximum atomic E-state index is 7.41. The Hall–Kier alpha value is -4.22. The normalized spacial score (nSPS) is 16.9. The van der Waals surface area contributed by atoms with Crippen molar-refractivity contribution in [3.05, 3.63) is 167 Å². The number of ether oxygens (including phenoxy) is 2. The van der Waals surface area contributed by atoms with Gasteiger partial charge in [-0.3, -0.25) is 0 Å². The van der Waals surface area contributed by atoms with Crippen molar-refractivity contribution in [3.8, 4) is 11.5 Å². The highest BCUT2D eigenvalue weighted by molar-refractivity contribution is 7.80. The highest BCUT2D eigenvalue weighted by Crippen LogP contribution is 2.44. The van der Waals surface area contributed by atoms with Gasteiger partial charge >= 0.3 is 0 Å². The Kier molecular flexibility index (Phi) is 9.83. The van der Waals surface area contributed by atoms with Gasteiger partial charge in [-0.15, -0.1) is 0 Å². The summed E-state index contributed by atoms with van der Waals surface area (Å²) in [6, 6.07) is 49.5. The predicted octanol–water partition coefficient (Wildman–Crippen LogP) is 8.91. The zero-order chi connectivity index (χ0) is 34.9. The molecule has 51 heavy (non-hydrogen) atoms. The maximum Gasteiger partial charge on any atom is 0.131 e. The second-order valence-electron chi connectivity index (χ2n) is 14.2. The Labute approximate surface area is 306 Å². The summed E-state index contributed by atoms with van der Waals surface area (Å²) in [4.78, 5) is 0. The van der Waals surface area contributed by atoms with Crippen molar-refractivity contribution >= 4 is 47.7 Å². The smallest absolute Gasteiger partial charge is 0.131 e. The number of aryl methyl sites for hydroxylation is 4. The van der Waals surface area contributed by atoms with Gasteiger partial charge in [-0.1, -0.05) is 133 Å². The Morgan fingerprint density at radius 2 is 0.706 bits per heavy atom. The van der Waals surface area contributed by atoms with Crippen molar-refractivity contribution in [1.29, 1.82) is 0 Å². The topological polar surface area (TPSA) is 18.5 Å². The van der Waals surface area contributed by atoms with E-state index in [2.05, 4.69) is 161 Å². The monoisotopic (exact) mass is 704 g/mol. The molecule has 256 valence electrons. The van der Waals surface area contributed by atoms with Crippen LogP contribution in [0.5, 0.6) is 11.5 Å². The third-order valence-electron chi connectivity index (χ3n) is 10.6. The van der Waals surface area contributed by atoms with Crippen LogP contribution < -0.4 is 41.3 Å². The van der Waals surface area contributed by atoms with Gasteiger partial charge in [0, 0.05) is 23.5 Å². The molecule has 0 saturated heterocycles. The van der Waals surface area contributed by atoms with E-state index in [-0.39, 0.29) is 12.2 Å². The average molecular weight is 705 g/mol. The molecule has 6 aromatic carbocycles. The highest BCUT2D eigenvalue weighted by Gasteiger charge is 2.33. The third-order valence-corrected chi connectivity index (χ3v) is 16.2. The Morgan fingerprint density at radius 1 is 0.392 bits per heavy atom. The van der Waals surface area contributed by atoms with Crippen LogP contribution in [-0.4, -0.2) is 12.2 Å². The first-order valence-electron chi connectivity index (χ1n) is 18.4. The summed E-state index contributed by atoms with van der Waals surface area (Å²) in [5.41, 5.74) is 7.83. The van der Waals surface area contributed by atoms with Crippen LogP contribution in [0.15, 0.2) is 133 Å². The van der Waals surface area contributed by atoms with Crippen molar-refractivity contribution in [2.45, 2.75) is 72.0 Å². The summed E-state index contributed by atoms with van der Waals surface area (Å²) in [5.74, 6) is 2.16. The lowest BCUT2D eigenvalue weighted by Gasteiger charge is -2.31. The van der Waals surface area contributed by atoms with Crippen LogP contribution in [0.3, 0.4) is 0 Å². The van der Waals surface area contributed by atoms with E-state index < -0.39 is 15.8 Å². The van der Waals surface area contributed by atoms with E-state index >= 15 is 0 Å². The van der Waals surface area contributed by atoms with Gasteiger partial charge in [0.25, 0.3) is 0 Å². The van der Waals surface area contributed by atoms with Gasteiger partial charge in [-0.25, -0.2) is 0 Å². The minimum atomic E-state index is -0.844. The summed E-state index contributed by atoms with van der Waals surface area (Å²) >= 11 is 0. The van der Waals surface area contributed by atoms with Gasteiger partial charge < -0.3 is 9.47 Å². The van der Waals surface area contributed by atoms with Gasteiger partial charge in [-0.05, 0) is 117 Å². The number of hydrogen-bond acceptors (Lipinski definition) is 2. The van der Waals surface area contributed by atoms with E-state index in [0.29, 0.717) is 0 Å². The Morgan fingerprint density at radius 3 is 1.04 bits per heavy atom. The van der Waals surface area contributed by atoms with Crippen molar-refractivity contribution in [2.75, 3.05) is 0 Å². The van der Waals surface area contributed by atoms with Crippen LogP contribution in [0.2, 0.25) is 0 Å². The molecule has 0 radical (unpaired) electrons. The van der Waals surface area contributed by atoms with E-state index in [4.69, 9.17) is 9.47 Å². The molecule has 2 heterocycles. The number of hydrogen-bond donors (Lipinski definition) is 0. The molecule has 0 unspecified atom stereocenters. The molecule has 2 aliphatic rings. The van der Waals surface area contributed by atoms with Gasteiger partial charge in [0.2, 0.25) is 0 Å². The van der Waals surface area contributed by atoms with Gasteiger partial charge in [0.1, 0.15) is 23.7 Å². The molecule has 8 rings (SSSR count). The van der Waals surface area contributed by atoms with E-state index in [0.717, 1.165) is 43.6 Å². The van der Waals surface area contributed by atoms with Crippen molar-refractivity contribution in [3.63, 3.8) is 0 Å². The van der Waals surface area contributed by atoms with E-state index in [1.54, 1.807) is 0 Å².